The molecule has 0 heterocycles. The van der Waals surface area contributed by atoms with Crippen molar-refractivity contribution in [2.45, 2.75) is 6.10 Å². The summed E-state index contributed by atoms with van der Waals surface area (Å²) in [5, 5.41) is 17.4. The molecule has 69 valence electrons. The molecule has 1 atom stereocenters. The molecule has 1 aromatic rings. The van der Waals surface area contributed by atoms with E-state index in [2.05, 4.69) is 0 Å². The van der Waals surface area contributed by atoms with E-state index in [1.54, 1.807) is 30.3 Å². The zero-order valence-corrected chi connectivity index (χ0v) is 7.01. The van der Waals surface area contributed by atoms with E-state index < -0.39 is 12.1 Å². The van der Waals surface area contributed by atoms with Crippen molar-refractivity contribution in [2.24, 2.45) is 0 Å². The van der Waals surface area contributed by atoms with E-state index in [0.29, 0.717) is 5.56 Å². The van der Waals surface area contributed by atoms with Gasteiger partial charge in [-0.25, -0.2) is 4.79 Å². The van der Waals surface area contributed by atoms with Crippen molar-refractivity contribution in [3.63, 3.8) is 0 Å². The number of aliphatic hydroxyl groups is 1. The fourth-order valence-corrected chi connectivity index (χ4v) is 0.778. The summed E-state index contributed by atoms with van der Waals surface area (Å²) in [4.78, 5) is 10.2. The maximum absolute atomic E-state index is 10.2. The number of aliphatic hydroxyl groups excluding tert-OH is 1. The van der Waals surface area contributed by atoms with Crippen LogP contribution >= 0.6 is 0 Å². The van der Waals surface area contributed by atoms with E-state index in [0.717, 1.165) is 0 Å². The van der Waals surface area contributed by atoms with Crippen LogP contribution in [0.15, 0.2) is 30.3 Å². The zero-order valence-electron chi connectivity index (χ0n) is 6.07. The number of hydrogen-bond donors (Lipinski definition) is 2. The second-order valence-corrected chi connectivity index (χ2v) is 2.15. The van der Waals surface area contributed by atoms with Gasteiger partial charge in [0.2, 0.25) is 0 Å². The molecule has 0 saturated heterocycles. The zero-order chi connectivity index (χ0) is 8.27. The van der Waals surface area contributed by atoms with Crippen LogP contribution in [0, 0.1) is 0 Å². The van der Waals surface area contributed by atoms with Gasteiger partial charge in [0, 0.05) is 17.1 Å². The molecule has 3 nitrogen and oxygen atoms in total. The Balaban J connectivity index is 0.00000121. The molecule has 12 heavy (non-hydrogen) atoms. The van der Waals surface area contributed by atoms with E-state index in [1.165, 1.54) is 0 Å². The Bertz CT molecular complexity index is 248. The first-order valence-electron chi connectivity index (χ1n) is 3.17. The molecule has 0 bridgehead atoms. The van der Waals surface area contributed by atoms with Crippen LogP contribution in [0.3, 0.4) is 0 Å². The van der Waals surface area contributed by atoms with Crippen LogP contribution in [0.25, 0.3) is 0 Å². The molecule has 0 aliphatic heterocycles. The van der Waals surface area contributed by atoms with Crippen LogP contribution in [0.5, 0.6) is 0 Å². The van der Waals surface area contributed by atoms with E-state index in [4.69, 9.17) is 10.2 Å². The van der Waals surface area contributed by atoms with Gasteiger partial charge in [0.15, 0.2) is 6.10 Å². The number of benzene rings is 1. The third-order valence-electron chi connectivity index (χ3n) is 1.35. The molecule has 0 amide bonds. The number of carboxylic acid groups (broad SMARTS) is 1. The summed E-state index contributed by atoms with van der Waals surface area (Å²) in [6.45, 7) is 0. The van der Waals surface area contributed by atoms with Crippen molar-refractivity contribution in [3.8, 4) is 0 Å². The van der Waals surface area contributed by atoms with Crippen molar-refractivity contribution in [1.29, 1.82) is 0 Å². The number of hydrogen-bond acceptors (Lipinski definition) is 2. The fourth-order valence-electron chi connectivity index (χ4n) is 0.778. The van der Waals surface area contributed by atoms with Gasteiger partial charge >= 0.3 is 5.97 Å². The Morgan fingerprint density at radius 1 is 1.25 bits per heavy atom. The topological polar surface area (TPSA) is 57.5 Å². The second kappa shape index (κ2) is 4.93. The maximum atomic E-state index is 10.2. The molecule has 0 aliphatic carbocycles. The summed E-state index contributed by atoms with van der Waals surface area (Å²) < 4.78 is 0. The molecule has 0 aliphatic rings. The van der Waals surface area contributed by atoms with Gasteiger partial charge in [-0.1, -0.05) is 30.3 Å². The predicted octanol–water partition coefficient (Wildman–Crippen LogP) is 0.802. The van der Waals surface area contributed by atoms with Crippen molar-refractivity contribution in [3.05, 3.63) is 35.9 Å². The smallest absolute Gasteiger partial charge is 0.337 e. The molecule has 0 spiro atoms. The summed E-state index contributed by atoms with van der Waals surface area (Å²) in [6.07, 6.45) is -1.41. The van der Waals surface area contributed by atoms with Gasteiger partial charge in [-0.15, -0.1) is 0 Å². The van der Waals surface area contributed by atoms with Crippen LogP contribution in [0.4, 0.5) is 0 Å². The monoisotopic (exact) mass is 215 g/mol. The molecule has 2 N–H and O–H groups in total. The third-order valence-corrected chi connectivity index (χ3v) is 1.35. The van der Waals surface area contributed by atoms with Gasteiger partial charge in [0.1, 0.15) is 0 Å². The van der Waals surface area contributed by atoms with Crippen molar-refractivity contribution >= 4 is 5.97 Å². The summed E-state index contributed by atoms with van der Waals surface area (Å²) in [5.74, 6) is -1.23. The third kappa shape index (κ3) is 2.66. The number of aliphatic carboxylic acids is 1. The average molecular weight is 216 g/mol. The van der Waals surface area contributed by atoms with Crippen LogP contribution in [0.2, 0.25) is 0 Å². The molecule has 0 fully saturated rings. The van der Waals surface area contributed by atoms with Crippen LogP contribution in [0.1, 0.15) is 11.7 Å². The summed E-state index contributed by atoms with van der Waals surface area (Å²) in [5.41, 5.74) is 0.403. The second-order valence-electron chi connectivity index (χ2n) is 2.15. The first-order chi connectivity index (χ1) is 5.22. The summed E-state index contributed by atoms with van der Waals surface area (Å²) in [7, 11) is 0. The maximum Gasteiger partial charge on any atom is 0.337 e. The van der Waals surface area contributed by atoms with Crippen LogP contribution in [-0.2, 0) is 21.9 Å². The quantitative estimate of drug-likeness (QED) is 0.718. The van der Waals surface area contributed by atoms with Crippen LogP contribution in [-0.4, -0.2) is 16.2 Å². The SMILES string of the molecule is O=C(O)C(O)c1ccccc1.[Cu]. The van der Waals surface area contributed by atoms with Gasteiger partial charge in [-0.05, 0) is 5.56 Å². The van der Waals surface area contributed by atoms with Crippen LogP contribution < -0.4 is 0 Å². The molecular formula is C8H8CuO3. The van der Waals surface area contributed by atoms with Gasteiger partial charge < -0.3 is 10.2 Å². The Morgan fingerprint density at radius 2 is 1.75 bits per heavy atom. The fraction of sp³-hybridized carbons (Fsp3) is 0.125. The number of rotatable bonds is 2. The van der Waals surface area contributed by atoms with E-state index in [1.807, 2.05) is 0 Å². The largest absolute Gasteiger partial charge is 0.479 e. The number of carboxylic acids is 1. The molecule has 1 unspecified atom stereocenters. The molecular weight excluding hydrogens is 208 g/mol. The molecule has 4 heteroatoms. The minimum absolute atomic E-state index is 0. The average Bonchev–Trinajstić information content (AvgIpc) is 2.05. The van der Waals surface area contributed by atoms with Gasteiger partial charge in [-0.3, -0.25) is 0 Å². The summed E-state index contributed by atoms with van der Waals surface area (Å²) in [6, 6.07) is 8.26. The Labute approximate surface area is 80.5 Å². The van der Waals surface area contributed by atoms with Gasteiger partial charge in [0.05, 0.1) is 0 Å². The Hall–Kier alpha value is -0.831. The van der Waals surface area contributed by atoms with E-state index >= 15 is 0 Å². The standard InChI is InChI=1S/C8H8O3.Cu/c9-7(8(10)11)6-4-2-1-3-5-6;/h1-5,7,9H,(H,10,11);. The molecule has 1 aromatic carbocycles. The first-order valence-corrected chi connectivity index (χ1v) is 3.17. The Kier molecular flexibility index (Phi) is 4.59. The minimum atomic E-state index is -1.41. The molecule has 1 radical (unpaired) electrons. The number of carbonyl (C=O) groups is 1. The van der Waals surface area contributed by atoms with Gasteiger partial charge in [0.25, 0.3) is 0 Å². The normalized spacial score (nSPS) is 11.4. The van der Waals surface area contributed by atoms with Crippen molar-refractivity contribution in [1.82, 2.24) is 0 Å². The van der Waals surface area contributed by atoms with Crippen molar-refractivity contribution < 1.29 is 32.1 Å². The Morgan fingerprint density at radius 3 is 2.17 bits per heavy atom. The van der Waals surface area contributed by atoms with Crippen molar-refractivity contribution in [2.75, 3.05) is 0 Å². The molecule has 0 saturated carbocycles. The van der Waals surface area contributed by atoms with Gasteiger partial charge in [-0.2, -0.15) is 0 Å². The summed E-state index contributed by atoms with van der Waals surface area (Å²) >= 11 is 0. The van der Waals surface area contributed by atoms with E-state index in [-0.39, 0.29) is 17.1 Å². The predicted molar refractivity (Wildman–Crippen MR) is 39.0 cm³/mol. The minimum Gasteiger partial charge on any atom is -0.479 e. The molecule has 1 rings (SSSR count). The first kappa shape index (κ1) is 11.2. The molecule has 0 aromatic heterocycles. The van der Waals surface area contributed by atoms with E-state index in [9.17, 15) is 4.79 Å².